The first-order valence-electron chi connectivity index (χ1n) is 6.45. The fraction of sp³-hybridized carbons (Fsp3) is 0.923. The highest BCUT2D eigenvalue weighted by Crippen LogP contribution is 2.39. The molecule has 0 aliphatic carbocycles. The highest BCUT2D eigenvalue weighted by molar-refractivity contribution is 5.74. The van der Waals surface area contributed by atoms with Crippen molar-refractivity contribution in [3.05, 3.63) is 0 Å². The Balaban J connectivity index is 2.64. The van der Waals surface area contributed by atoms with Gasteiger partial charge in [0.15, 0.2) is 0 Å². The number of ether oxygens (including phenoxy) is 2. The molecule has 1 aliphatic heterocycles. The van der Waals surface area contributed by atoms with Crippen LogP contribution in [0.25, 0.3) is 0 Å². The van der Waals surface area contributed by atoms with Gasteiger partial charge in [0.2, 0.25) is 0 Å². The summed E-state index contributed by atoms with van der Waals surface area (Å²) < 4.78 is 10.3. The van der Waals surface area contributed by atoms with E-state index in [1.807, 2.05) is 6.92 Å². The monoisotopic (exact) mass is 243 g/mol. The van der Waals surface area contributed by atoms with Gasteiger partial charge in [0.1, 0.15) is 0 Å². The molecule has 0 aromatic carbocycles. The van der Waals surface area contributed by atoms with Crippen LogP contribution in [0.15, 0.2) is 0 Å². The Kier molecular flexibility index (Phi) is 5.40. The van der Waals surface area contributed by atoms with Gasteiger partial charge in [-0.2, -0.15) is 0 Å². The van der Waals surface area contributed by atoms with Gasteiger partial charge >= 0.3 is 5.97 Å². The zero-order chi connectivity index (χ0) is 12.9. The molecule has 100 valence electrons. The van der Waals surface area contributed by atoms with Crippen molar-refractivity contribution in [3.8, 4) is 0 Å². The smallest absolute Gasteiger partial charge is 0.310 e. The second kappa shape index (κ2) is 6.36. The van der Waals surface area contributed by atoms with Crippen molar-refractivity contribution in [3.63, 3.8) is 0 Å². The Hall–Kier alpha value is -0.610. The zero-order valence-corrected chi connectivity index (χ0v) is 11.5. The molecule has 0 spiro atoms. The fourth-order valence-corrected chi connectivity index (χ4v) is 2.51. The molecule has 0 radical (unpaired) electrons. The van der Waals surface area contributed by atoms with E-state index in [2.05, 4.69) is 18.7 Å². The van der Waals surface area contributed by atoms with E-state index < -0.39 is 0 Å². The summed E-state index contributed by atoms with van der Waals surface area (Å²) in [7, 11) is 1.71. The summed E-state index contributed by atoms with van der Waals surface area (Å²) in [6.45, 7) is 10.0. The average Bonchev–Trinajstić information content (AvgIpc) is 2.65. The highest BCUT2D eigenvalue weighted by atomic mass is 16.5. The summed E-state index contributed by atoms with van der Waals surface area (Å²) in [5.74, 6) is -0.0407. The molecule has 0 aromatic rings. The number of likely N-dealkylation sites (tertiary alicyclic amines) is 1. The number of rotatable bonds is 6. The van der Waals surface area contributed by atoms with Crippen LogP contribution in [0, 0.1) is 11.3 Å². The molecule has 1 fully saturated rings. The summed E-state index contributed by atoms with van der Waals surface area (Å²) in [5.41, 5.74) is 0.0417. The molecule has 1 aliphatic rings. The molecule has 17 heavy (non-hydrogen) atoms. The topological polar surface area (TPSA) is 38.8 Å². The van der Waals surface area contributed by atoms with Gasteiger partial charge in [0.25, 0.3) is 0 Å². The van der Waals surface area contributed by atoms with Crippen LogP contribution in [0.5, 0.6) is 0 Å². The van der Waals surface area contributed by atoms with Gasteiger partial charge in [-0.05, 0) is 18.8 Å². The Morgan fingerprint density at radius 2 is 2.18 bits per heavy atom. The molecule has 4 heteroatoms. The molecule has 0 amide bonds. The number of methoxy groups -OCH3 is 1. The summed E-state index contributed by atoms with van der Waals surface area (Å²) in [6.07, 6.45) is 1.000. The Morgan fingerprint density at radius 1 is 1.47 bits per heavy atom. The molecule has 0 aromatic heterocycles. The Bertz CT molecular complexity index is 257. The molecule has 2 atom stereocenters. The molecule has 0 N–H and O–H groups in total. The van der Waals surface area contributed by atoms with Gasteiger partial charge in [-0.15, -0.1) is 0 Å². The van der Waals surface area contributed by atoms with Crippen molar-refractivity contribution in [1.29, 1.82) is 0 Å². The molecule has 1 saturated heterocycles. The maximum absolute atomic E-state index is 12.0. The lowest BCUT2D eigenvalue weighted by Gasteiger charge is -2.27. The van der Waals surface area contributed by atoms with Gasteiger partial charge < -0.3 is 9.47 Å². The normalized spacial score (nSPS) is 29.5. The predicted molar refractivity (Wildman–Crippen MR) is 66.8 cm³/mol. The summed E-state index contributed by atoms with van der Waals surface area (Å²) in [4.78, 5) is 14.3. The number of hydrogen-bond acceptors (Lipinski definition) is 4. The quantitative estimate of drug-likeness (QED) is 0.663. The zero-order valence-electron chi connectivity index (χ0n) is 11.5. The van der Waals surface area contributed by atoms with Crippen LogP contribution in [-0.4, -0.2) is 50.8 Å². The predicted octanol–water partition coefficient (Wildman–Crippen LogP) is 1.54. The lowest BCUT2D eigenvalue weighted by Crippen LogP contribution is -2.32. The lowest BCUT2D eigenvalue weighted by atomic mass is 9.78. The summed E-state index contributed by atoms with van der Waals surface area (Å²) >= 11 is 0. The third kappa shape index (κ3) is 3.42. The van der Waals surface area contributed by atoms with Crippen molar-refractivity contribution < 1.29 is 14.3 Å². The SMILES string of the molecule is CCOC(=O)C1CN(CCOC)C[C@@]1(C)CC. The molecule has 1 heterocycles. The fourth-order valence-electron chi connectivity index (χ4n) is 2.51. The van der Waals surface area contributed by atoms with Crippen molar-refractivity contribution >= 4 is 5.97 Å². The Labute approximate surface area is 104 Å². The maximum atomic E-state index is 12.0. The van der Waals surface area contributed by atoms with E-state index in [-0.39, 0.29) is 17.3 Å². The summed E-state index contributed by atoms with van der Waals surface area (Å²) in [6, 6.07) is 0. The van der Waals surface area contributed by atoms with Gasteiger partial charge in [-0.25, -0.2) is 0 Å². The van der Waals surface area contributed by atoms with Gasteiger partial charge in [0, 0.05) is 26.7 Å². The molecular formula is C13H25NO3. The van der Waals surface area contributed by atoms with Crippen molar-refractivity contribution in [1.82, 2.24) is 4.90 Å². The average molecular weight is 243 g/mol. The van der Waals surface area contributed by atoms with Gasteiger partial charge in [-0.1, -0.05) is 13.8 Å². The molecule has 0 saturated carbocycles. The van der Waals surface area contributed by atoms with Gasteiger partial charge in [-0.3, -0.25) is 9.69 Å². The third-order valence-corrected chi connectivity index (χ3v) is 3.86. The van der Waals surface area contributed by atoms with E-state index in [0.717, 1.165) is 32.7 Å². The second-order valence-electron chi connectivity index (χ2n) is 5.04. The lowest BCUT2D eigenvalue weighted by molar-refractivity contribution is -0.150. The van der Waals surface area contributed by atoms with Crippen molar-refractivity contribution in [2.24, 2.45) is 11.3 Å². The maximum Gasteiger partial charge on any atom is 0.310 e. The molecule has 1 rings (SSSR count). The van der Waals surface area contributed by atoms with Crippen LogP contribution in [0.2, 0.25) is 0 Å². The van der Waals surface area contributed by atoms with Crippen LogP contribution in [0.3, 0.4) is 0 Å². The number of carbonyl (C=O) groups is 1. The molecule has 4 nitrogen and oxygen atoms in total. The minimum atomic E-state index is -0.0447. The van der Waals surface area contributed by atoms with Crippen molar-refractivity contribution in [2.45, 2.75) is 27.2 Å². The van der Waals surface area contributed by atoms with Crippen LogP contribution in [0.1, 0.15) is 27.2 Å². The standard InChI is InChI=1S/C13H25NO3/c1-5-13(3)10-14(7-8-16-4)9-11(13)12(15)17-6-2/h11H,5-10H2,1-4H3/t11?,13-/m1/s1. The van der Waals surface area contributed by atoms with E-state index in [1.54, 1.807) is 7.11 Å². The first-order valence-corrected chi connectivity index (χ1v) is 6.45. The second-order valence-corrected chi connectivity index (χ2v) is 5.04. The van der Waals surface area contributed by atoms with Gasteiger partial charge in [0.05, 0.1) is 19.1 Å². The molecule has 0 bridgehead atoms. The van der Waals surface area contributed by atoms with E-state index >= 15 is 0 Å². The molecule has 1 unspecified atom stereocenters. The number of nitrogens with zero attached hydrogens (tertiary/aromatic N) is 1. The minimum absolute atomic E-state index is 0.00399. The van der Waals surface area contributed by atoms with E-state index in [0.29, 0.717) is 6.61 Å². The third-order valence-electron chi connectivity index (χ3n) is 3.86. The van der Waals surface area contributed by atoms with Crippen LogP contribution in [-0.2, 0) is 14.3 Å². The Morgan fingerprint density at radius 3 is 2.71 bits per heavy atom. The largest absolute Gasteiger partial charge is 0.466 e. The molecular weight excluding hydrogens is 218 g/mol. The first-order chi connectivity index (χ1) is 8.07. The van der Waals surface area contributed by atoms with E-state index in [1.165, 1.54) is 0 Å². The highest BCUT2D eigenvalue weighted by Gasteiger charge is 2.46. The van der Waals surface area contributed by atoms with Crippen LogP contribution >= 0.6 is 0 Å². The van der Waals surface area contributed by atoms with Crippen molar-refractivity contribution in [2.75, 3.05) is 40.0 Å². The summed E-state index contributed by atoms with van der Waals surface area (Å²) in [5, 5.41) is 0. The van der Waals surface area contributed by atoms with Crippen LogP contribution < -0.4 is 0 Å². The van der Waals surface area contributed by atoms with Crippen LogP contribution in [0.4, 0.5) is 0 Å². The number of hydrogen-bond donors (Lipinski definition) is 0. The minimum Gasteiger partial charge on any atom is -0.466 e. The first kappa shape index (κ1) is 14.5. The number of carbonyl (C=O) groups excluding carboxylic acids is 1. The number of esters is 1. The van der Waals surface area contributed by atoms with E-state index in [9.17, 15) is 4.79 Å². The van der Waals surface area contributed by atoms with E-state index in [4.69, 9.17) is 9.47 Å².